The van der Waals surface area contributed by atoms with Crippen molar-refractivity contribution in [3.63, 3.8) is 0 Å². The second kappa shape index (κ2) is 6.03. The van der Waals surface area contributed by atoms with Gasteiger partial charge in [-0.15, -0.1) is 11.3 Å². The van der Waals surface area contributed by atoms with Gasteiger partial charge in [-0.05, 0) is 43.3 Å². The Kier molecular flexibility index (Phi) is 3.93. The molecule has 3 aromatic rings. The number of nitrogens with one attached hydrogen (secondary N) is 1. The third kappa shape index (κ3) is 3.01. The van der Waals surface area contributed by atoms with Crippen LogP contribution in [-0.4, -0.2) is 15.9 Å². The molecule has 0 bridgehead atoms. The smallest absolute Gasteiger partial charge is 0.268 e. The minimum absolute atomic E-state index is 0.248. The summed E-state index contributed by atoms with van der Waals surface area (Å²) >= 11 is 1.27. The lowest BCUT2D eigenvalue weighted by Gasteiger charge is -2.01. The number of rotatable bonds is 3. The predicted molar refractivity (Wildman–Crippen MR) is 84.4 cm³/mol. The summed E-state index contributed by atoms with van der Waals surface area (Å²) in [6.45, 7) is 1.77. The van der Waals surface area contributed by atoms with E-state index >= 15 is 0 Å². The summed E-state index contributed by atoms with van der Waals surface area (Å²) in [4.78, 5) is 21.3. The number of halogens is 1. The zero-order valence-corrected chi connectivity index (χ0v) is 12.5. The van der Waals surface area contributed by atoms with Gasteiger partial charge < -0.3 is 5.32 Å². The van der Waals surface area contributed by atoms with Gasteiger partial charge >= 0.3 is 0 Å². The van der Waals surface area contributed by atoms with Gasteiger partial charge in [-0.1, -0.05) is 6.07 Å². The van der Waals surface area contributed by atoms with Crippen LogP contribution in [0, 0.1) is 12.7 Å². The van der Waals surface area contributed by atoms with Crippen LogP contribution in [0.5, 0.6) is 0 Å². The third-order valence-electron chi connectivity index (χ3n) is 3.00. The molecule has 0 unspecified atom stereocenters. The van der Waals surface area contributed by atoms with Crippen LogP contribution < -0.4 is 5.32 Å². The molecule has 6 heteroatoms. The van der Waals surface area contributed by atoms with Gasteiger partial charge in [-0.25, -0.2) is 14.4 Å². The Labute approximate surface area is 130 Å². The standard InChI is InChI=1S/C16H12FN3OS/c1-10-14(15(21)20-13-4-2-3-9-18-13)22-16(19-10)11-5-7-12(17)8-6-11/h2-9H,1H3,(H,18,20,21). The maximum absolute atomic E-state index is 13.0. The summed E-state index contributed by atoms with van der Waals surface area (Å²) in [5.41, 5.74) is 1.42. The van der Waals surface area contributed by atoms with Gasteiger partial charge in [-0.3, -0.25) is 4.79 Å². The molecule has 0 atom stereocenters. The van der Waals surface area contributed by atoms with E-state index in [1.807, 2.05) is 0 Å². The molecule has 110 valence electrons. The molecule has 0 radical (unpaired) electrons. The minimum atomic E-state index is -0.301. The highest BCUT2D eigenvalue weighted by Gasteiger charge is 2.16. The number of hydrogen-bond donors (Lipinski definition) is 1. The van der Waals surface area contributed by atoms with Crippen molar-refractivity contribution in [2.75, 3.05) is 5.32 Å². The molecular weight excluding hydrogens is 301 g/mol. The first kappa shape index (κ1) is 14.3. The molecule has 1 N–H and O–H groups in total. The van der Waals surface area contributed by atoms with Crippen LogP contribution >= 0.6 is 11.3 Å². The lowest BCUT2D eigenvalue weighted by molar-refractivity contribution is 0.102. The van der Waals surface area contributed by atoms with Gasteiger partial charge in [0.2, 0.25) is 0 Å². The highest BCUT2D eigenvalue weighted by molar-refractivity contribution is 7.17. The molecule has 2 heterocycles. The van der Waals surface area contributed by atoms with Crippen molar-refractivity contribution >= 4 is 23.1 Å². The molecular formula is C16H12FN3OS. The summed E-state index contributed by atoms with van der Waals surface area (Å²) in [5.74, 6) is -0.0594. The number of amides is 1. The van der Waals surface area contributed by atoms with Crippen molar-refractivity contribution in [3.05, 3.63) is 65.0 Å². The number of pyridine rings is 1. The van der Waals surface area contributed by atoms with Crippen LogP contribution in [-0.2, 0) is 0 Å². The largest absolute Gasteiger partial charge is 0.306 e. The van der Waals surface area contributed by atoms with E-state index in [1.165, 1.54) is 23.5 Å². The molecule has 0 saturated carbocycles. The predicted octanol–water partition coefficient (Wildman–Crippen LogP) is 3.90. The van der Waals surface area contributed by atoms with Crippen LogP contribution in [0.15, 0.2) is 48.7 Å². The molecule has 0 aliphatic rings. The van der Waals surface area contributed by atoms with Crippen molar-refractivity contribution in [1.29, 1.82) is 0 Å². The number of thiazole rings is 1. The lowest BCUT2D eigenvalue weighted by atomic mass is 10.2. The molecule has 1 amide bonds. The molecule has 2 aromatic heterocycles. The van der Waals surface area contributed by atoms with Crippen LogP contribution in [0.2, 0.25) is 0 Å². The van der Waals surface area contributed by atoms with Crippen molar-refractivity contribution < 1.29 is 9.18 Å². The Hall–Kier alpha value is -2.60. The fraction of sp³-hybridized carbons (Fsp3) is 0.0625. The van der Waals surface area contributed by atoms with E-state index in [-0.39, 0.29) is 11.7 Å². The molecule has 0 saturated heterocycles. The van der Waals surface area contributed by atoms with Gasteiger partial charge in [0.05, 0.1) is 5.69 Å². The molecule has 4 nitrogen and oxygen atoms in total. The van der Waals surface area contributed by atoms with Gasteiger partial charge in [0, 0.05) is 11.8 Å². The summed E-state index contributed by atoms with van der Waals surface area (Å²) in [7, 11) is 0. The first-order chi connectivity index (χ1) is 10.6. The van der Waals surface area contributed by atoms with Crippen molar-refractivity contribution in [3.8, 4) is 10.6 Å². The lowest BCUT2D eigenvalue weighted by Crippen LogP contribution is -2.12. The van der Waals surface area contributed by atoms with Crippen molar-refractivity contribution in [1.82, 2.24) is 9.97 Å². The quantitative estimate of drug-likeness (QED) is 0.797. The van der Waals surface area contributed by atoms with Crippen molar-refractivity contribution in [2.24, 2.45) is 0 Å². The first-order valence-electron chi connectivity index (χ1n) is 6.59. The number of carbonyl (C=O) groups is 1. The molecule has 0 spiro atoms. The van der Waals surface area contributed by atoms with Gasteiger partial charge in [0.25, 0.3) is 5.91 Å². The second-order valence-electron chi connectivity index (χ2n) is 4.61. The maximum Gasteiger partial charge on any atom is 0.268 e. The van der Waals surface area contributed by atoms with E-state index in [1.54, 1.807) is 43.5 Å². The Bertz CT molecular complexity index is 800. The highest BCUT2D eigenvalue weighted by Crippen LogP contribution is 2.28. The average Bonchev–Trinajstić information content (AvgIpc) is 2.91. The van der Waals surface area contributed by atoms with Crippen LogP contribution in [0.4, 0.5) is 10.2 Å². The monoisotopic (exact) mass is 313 g/mol. The molecule has 3 rings (SSSR count). The van der Waals surface area contributed by atoms with Crippen LogP contribution in [0.25, 0.3) is 10.6 Å². The number of benzene rings is 1. The minimum Gasteiger partial charge on any atom is -0.306 e. The third-order valence-corrected chi connectivity index (χ3v) is 4.21. The SMILES string of the molecule is Cc1nc(-c2ccc(F)cc2)sc1C(=O)Nc1ccccn1. The summed E-state index contributed by atoms with van der Waals surface area (Å²) in [5, 5.41) is 3.42. The van der Waals surface area contributed by atoms with E-state index in [9.17, 15) is 9.18 Å². The van der Waals surface area contributed by atoms with Crippen molar-refractivity contribution in [2.45, 2.75) is 6.92 Å². The Balaban J connectivity index is 1.86. The summed E-state index contributed by atoms with van der Waals surface area (Å²) < 4.78 is 13.0. The van der Waals surface area contributed by atoms with E-state index in [0.717, 1.165) is 5.56 Å². The van der Waals surface area contributed by atoms with E-state index in [2.05, 4.69) is 15.3 Å². The number of nitrogens with zero attached hydrogens (tertiary/aromatic N) is 2. The maximum atomic E-state index is 13.0. The molecule has 0 aliphatic carbocycles. The number of aryl methyl sites for hydroxylation is 1. The number of hydrogen-bond acceptors (Lipinski definition) is 4. The molecule has 0 fully saturated rings. The summed E-state index contributed by atoms with van der Waals surface area (Å²) in [6.07, 6.45) is 1.61. The Morgan fingerprint density at radius 3 is 2.64 bits per heavy atom. The molecule has 0 aliphatic heterocycles. The van der Waals surface area contributed by atoms with Crippen LogP contribution in [0.3, 0.4) is 0 Å². The Morgan fingerprint density at radius 2 is 1.95 bits per heavy atom. The molecule has 1 aromatic carbocycles. The van der Waals surface area contributed by atoms with Gasteiger partial charge in [0.15, 0.2) is 0 Å². The van der Waals surface area contributed by atoms with E-state index in [0.29, 0.717) is 21.4 Å². The van der Waals surface area contributed by atoms with E-state index < -0.39 is 0 Å². The van der Waals surface area contributed by atoms with Crippen LogP contribution in [0.1, 0.15) is 15.4 Å². The fourth-order valence-corrected chi connectivity index (χ4v) is 2.90. The fourth-order valence-electron chi connectivity index (χ4n) is 1.93. The number of aromatic nitrogens is 2. The van der Waals surface area contributed by atoms with Gasteiger partial charge in [-0.2, -0.15) is 0 Å². The molecule has 22 heavy (non-hydrogen) atoms. The normalized spacial score (nSPS) is 10.5. The topological polar surface area (TPSA) is 54.9 Å². The number of carbonyl (C=O) groups excluding carboxylic acids is 1. The zero-order chi connectivity index (χ0) is 15.5. The zero-order valence-electron chi connectivity index (χ0n) is 11.7. The van der Waals surface area contributed by atoms with Gasteiger partial charge in [0.1, 0.15) is 21.5 Å². The first-order valence-corrected chi connectivity index (χ1v) is 7.41. The number of anilines is 1. The highest BCUT2D eigenvalue weighted by atomic mass is 32.1. The second-order valence-corrected chi connectivity index (χ2v) is 5.61. The Morgan fingerprint density at radius 1 is 1.18 bits per heavy atom. The van der Waals surface area contributed by atoms with E-state index in [4.69, 9.17) is 0 Å². The summed E-state index contributed by atoms with van der Waals surface area (Å²) in [6, 6.07) is 11.3. The average molecular weight is 313 g/mol.